The number of hydrogen-bond acceptors (Lipinski definition) is 2. The quantitative estimate of drug-likeness (QED) is 0.540. The molecule has 1 aliphatic rings. The Bertz CT molecular complexity index is 57.7. The van der Waals surface area contributed by atoms with Gasteiger partial charge in [-0.05, 0) is 6.92 Å². The lowest BCUT2D eigenvalue weighted by Crippen LogP contribution is -2.27. The highest BCUT2D eigenvalue weighted by atomic mass is 16.7. The Balaban J connectivity index is 0. The van der Waals surface area contributed by atoms with E-state index in [9.17, 15) is 0 Å². The summed E-state index contributed by atoms with van der Waals surface area (Å²) in [6, 6.07) is 0. The number of ether oxygens (including phenoxy) is 2. The molecule has 2 N–H and O–H groups in total. The molecule has 70 valence electrons. The maximum atomic E-state index is 5.17. The van der Waals surface area contributed by atoms with Crippen LogP contribution in [0.5, 0.6) is 0 Å². The predicted molar refractivity (Wildman–Crippen MR) is 45.5 cm³/mol. The third-order valence-electron chi connectivity index (χ3n) is 1.23. The second kappa shape index (κ2) is 7.98. The van der Waals surface area contributed by atoms with Crippen molar-refractivity contribution in [2.75, 3.05) is 13.2 Å². The van der Waals surface area contributed by atoms with Crippen molar-refractivity contribution >= 4 is 0 Å². The van der Waals surface area contributed by atoms with Gasteiger partial charge >= 0.3 is 0 Å². The van der Waals surface area contributed by atoms with E-state index in [2.05, 4.69) is 6.92 Å². The Morgan fingerprint density at radius 2 is 1.36 bits per heavy atom. The van der Waals surface area contributed by atoms with Gasteiger partial charge in [-0.1, -0.05) is 20.8 Å². The fraction of sp³-hybridized carbons (Fsp3) is 1.00. The zero-order chi connectivity index (χ0) is 7.98. The van der Waals surface area contributed by atoms with Crippen LogP contribution >= 0.6 is 0 Å². The highest BCUT2D eigenvalue weighted by Crippen LogP contribution is 2.08. The van der Waals surface area contributed by atoms with Gasteiger partial charge in [0.25, 0.3) is 0 Å². The molecule has 3 nitrogen and oxygen atoms in total. The lowest BCUT2D eigenvalue weighted by atomic mass is 10.2. The first kappa shape index (κ1) is 13.5. The van der Waals surface area contributed by atoms with Crippen molar-refractivity contribution in [2.24, 2.45) is 5.92 Å². The molecule has 0 saturated carbocycles. The normalized spacial score (nSPS) is 29.5. The van der Waals surface area contributed by atoms with E-state index in [4.69, 9.17) is 9.47 Å². The summed E-state index contributed by atoms with van der Waals surface area (Å²) in [5.41, 5.74) is 0. The van der Waals surface area contributed by atoms with Crippen LogP contribution in [0.4, 0.5) is 0 Å². The maximum Gasteiger partial charge on any atom is 0.154 e. The molecule has 0 atom stereocenters. The summed E-state index contributed by atoms with van der Waals surface area (Å²) in [5.74, 6) is 0.575. The van der Waals surface area contributed by atoms with E-state index in [1.165, 1.54) is 0 Å². The third kappa shape index (κ3) is 6.28. The SMILES string of the molecule is CC.CC1COC(C)OC1.O. The Hall–Kier alpha value is -0.120. The molecule has 0 bridgehead atoms. The molecule has 0 aromatic rings. The standard InChI is InChI=1S/C6H12O2.C2H6.H2O/c1-5-3-7-6(2)8-4-5;1-2;/h5-6H,3-4H2,1-2H3;1-2H3;1H2. The van der Waals surface area contributed by atoms with Gasteiger partial charge in [-0.25, -0.2) is 0 Å². The third-order valence-corrected chi connectivity index (χ3v) is 1.23. The Kier molecular flexibility index (Phi) is 9.77. The molecular formula is C8H20O3. The minimum absolute atomic E-state index is 0. The molecule has 0 amide bonds. The molecule has 1 heterocycles. The van der Waals surface area contributed by atoms with Crippen molar-refractivity contribution in [3.05, 3.63) is 0 Å². The molecule has 0 aliphatic carbocycles. The monoisotopic (exact) mass is 164 g/mol. The molecule has 0 aromatic heterocycles. The second-order valence-electron chi connectivity index (χ2n) is 2.34. The Morgan fingerprint density at radius 3 is 1.64 bits per heavy atom. The molecule has 0 aromatic carbocycles. The zero-order valence-corrected chi connectivity index (χ0v) is 7.89. The molecule has 1 saturated heterocycles. The topological polar surface area (TPSA) is 50.0 Å². The first-order valence-corrected chi connectivity index (χ1v) is 4.02. The van der Waals surface area contributed by atoms with Crippen LogP contribution in [-0.4, -0.2) is 25.0 Å². The summed E-state index contributed by atoms with van der Waals surface area (Å²) < 4.78 is 10.3. The summed E-state index contributed by atoms with van der Waals surface area (Å²) >= 11 is 0. The minimum Gasteiger partial charge on any atom is -0.412 e. The van der Waals surface area contributed by atoms with E-state index in [0.717, 1.165) is 13.2 Å². The van der Waals surface area contributed by atoms with Gasteiger partial charge in [-0.15, -0.1) is 0 Å². The van der Waals surface area contributed by atoms with Crippen molar-refractivity contribution < 1.29 is 14.9 Å². The summed E-state index contributed by atoms with van der Waals surface area (Å²) in [7, 11) is 0. The smallest absolute Gasteiger partial charge is 0.154 e. The van der Waals surface area contributed by atoms with Crippen LogP contribution in [0.1, 0.15) is 27.7 Å². The van der Waals surface area contributed by atoms with E-state index in [1.54, 1.807) is 0 Å². The van der Waals surface area contributed by atoms with Gasteiger partial charge in [-0.3, -0.25) is 0 Å². The molecule has 0 spiro atoms. The summed E-state index contributed by atoms with van der Waals surface area (Å²) in [6.07, 6.45) is 0.0196. The van der Waals surface area contributed by atoms with Crippen molar-refractivity contribution in [1.29, 1.82) is 0 Å². The number of hydrogen-bond donors (Lipinski definition) is 0. The van der Waals surface area contributed by atoms with Crippen molar-refractivity contribution in [1.82, 2.24) is 0 Å². The first-order chi connectivity index (χ1) is 4.79. The molecule has 0 unspecified atom stereocenters. The molecule has 1 rings (SSSR count). The maximum absolute atomic E-state index is 5.17. The van der Waals surface area contributed by atoms with Crippen molar-refractivity contribution in [2.45, 2.75) is 34.0 Å². The van der Waals surface area contributed by atoms with Crippen LogP contribution in [0, 0.1) is 5.92 Å². The van der Waals surface area contributed by atoms with E-state index in [-0.39, 0.29) is 11.8 Å². The molecule has 1 aliphatic heterocycles. The van der Waals surface area contributed by atoms with E-state index in [1.807, 2.05) is 20.8 Å². The van der Waals surface area contributed by atoms with Crippen molar-refractivity contribution in [3.8, 4) is 0 Å². The van der Waals surface area contributed by atoms with Gasteiger partial charge in [0.2, 0.25) is 0 Å². The van der Waals surface area contributed by atoms with E-state index < -0.39 is 0 Å². The Labute approximate surface area is 69.0 Å². The van der Waals surface area contributed by atoms with Gasteiger partial charge in [0, 0.05) is 5.92 Å². The average Bonchev–Trinajstić information content (AvgIpc) is 2.00. The molecular weight excluding hydrogens is 144 g/mol. The molecule has 0 radical (unpaired) electrons. The van der Waals surface area contributed by atoms with Gasteiger partial charge in [0.1, 0.15) is 0 Å². The highest BCUT2D eigenvalue weighted by Gasteiger charge is 2.13. The van der Waals surface area contributed by atoms with Crippen LogP contribution in [-0.2, 0) is 9.47 Å². The van der Waals surface area contributed by atoms with Crippen LogP contribution in [0.3, 0.4) is 0 Å². The van der Waals surface area contributed by atoms with E-state index in [0.29, 0.717) is 5.92 Å². The van der Waals surface area contributed by atoms with Gasteiger partial charge in [-0.2, -0.15) is 0 Å². The summed E-state index contributed by atoms with van der Waals surface area (Å²) in [4.78, 5) is 0. The van der Waals surface area contributed by atoms with Crippen LogP contribution in [0.15, 0.2) is 0 Å². The number of rotatable bonds is 0. The fourth-order valence-electron chi connectivity index (χ4n) is 0.696. The fourth-order valence-corrected chi connectivity index (χ4v) is 0.696. The van der Waals surface area contributed by atoms with Gasteiger partial charge in [0.05, 0.1) is 13.2 Å². The largest absolute Gasteiger partial charge is 0.412 e. The predicted octanol–water partition coefficient (Wildman–Crippen LogP) is 1.22. The minimum atomic E-state index is 0. The lowest BCUT2D eigenvalue weighted by molar-refractivity contribution is -0.187. The van der Waals surface area contributed by atoms with E-state index >= 15 is 0 Å². The molecule has 1 fully saturated rings. The van der Waals surface area contributed by atoms with Crippen LogP contribution < -0.4 is 0 Å². The second-order valence-corrected chi connectivity index (χ2v) is 2.34. The van der Waals surface area contributed by atoms with Gasteiger partial charge in [0.15, 0.2) is 6.29 Å². The summed E-state index contributed by atoms with van der Waals surface area (Å²) in [5, 5.41) is 0. The zero-order valence-electron chi connectivity index (χ0n) is 7.89. The van der Waals surface area contributed by atoms with Gasteiger partial charge < -0.3 is 14.9 Å². The average molecular weight is 164 g/mol. The first-order valence-electron chi connectivity index (χ1n) is 4.02. The van der Waals surface area contributed by atoms with Crippen LogP contribution in [0.2, 0.25) is 0 Å². The molecule has 3 heteroatoms. The van der Waals surface area contributed by atoms with Crippen molar-refractivity contribution in [3.63, 3.8) is 0 Å². The van der Waals surface area contributed by atoms with Crippen LogP contribution in [0.25, 0.3) is 0 Å². The lowest BCUT2D eigenvalue weighted by Gasteiger charge is -2.24. The highest BCUT2D eigenvalue weighted by molar-refractivity contribution is 4.53. The summed E-state index contributed by atoms with van der Waals surface area (Å²) in [6.45, 7) is 9.74. The Morgan fingerprint density at radius 1 is 1.00 bits per heavy atom. The molecule has 11 heavy (non-hydrogen) atoms.